The first-order valence-corrected chi connectivity index (χ1v) is 5.76. The number of nitrogens with one attached hydrogen (secondary N) is 1. The summed E-state index contributed by atoms with van der Waals surface area (Å²) in [6, 6.07) is 4.61. The fraction of sp³-hybridized carbons (Fsp3) is 0.583. The molecule has 1 aliphatic heterocycles. The SMILES string of the molecule is CC(=O)N1CCC(NCc2cccn2C)C1. The lowest BCUT2D eigenvalue weighted by molar-refractivity contribution is -0.127. The summed E-state index contributed by atoms with van der Waals surface area (Å²) in [6.45, 7) is 4.25. The van der Waals surface area contributed by atoms with Crippen LogP contribution in [0.4, 0.5) is 0 Å². The second-order valence-corrected chi connectivity index (χ2v) is 4.44. The lowest BCUT2D eigenvalue weighted by atomic mass is 10.2. The van der Waals surface area contributed by atoms with Gasteiger partial charge in [0.1, 0.15) is 0 Å². The summed E-state index contributed by atoms with van der Waals surface area (Å²) >= 11 is 0. The number of amides is 1. The van der Waals surface area contributed by atoms with Crippen molar-refractivity contribution in [3.8, 4) is 0 Å². The van der Waals surface area contributed by atoms with Gasteiger partial charge in [-0.1, -0.05) is 0 Å². The van der Waals surface area contributed by atoms with Gasteiger partial charge in [-0.25, -0.2) is 0 Å². The minimum atomic E-state index is 0.183. The molecule has 1 saturated heterocycles. The number of aromatic nitrogens is 1. The summed E-state index contributed by atoms with van der Waals surface area (Å²) in [5.41, 5.74) is 1.28. The van der Waals surface area contributed by atoms with Gasteiger partial charge in [0.15, 0.2) is 0 Å². The van der Waals surface area contributed by atoms with Crippen LogP contribution in [-0.4, -0.2) is 34.5 Å². The monoisotopic (exact) mass is 221 g/mol. The Balaban J connectivity index is 1.80. The zero-order chi connectivity index (χ0) is 11.5. The van der Waals surface area contributed by atoms with E-state index < -0.39 is 0 Å². The Morgan fingerprint density at radius 1 is 1.62 bits per heavy atom. The molecular weight excluding hydrogens is 202 g/mol. The van der Waals surface area contributed by atoms with Crippen LogP contribution in [-0.2, 0) is 18.4 Å². The minimum absolute atomic E-state index is 0.183. The molecule has 0 saturated carbocycles. The number of nitrogens with zero attached hydrogens (tertiary/aromatic N) is 2. The van der Waals surface area contributed by atoms with E-state index in [4.69, 9.17) is 0 Å². The van der Waals surface area contributed by atoms with E-state index in [2.05, 4.69) is 16.0 Å². The number of likely N-dealkylation sites (tertiary alicyclic amines) is 1. The lowest BCUT2D eigenvalue weighted by Crippen LogP contribution is -2.34. The Kier molecular flexibility index (Phi) is 3.29. The zero-order valence-electron chi connectivity index (χ0n) is 9.94. The van der Waals surface area contributed by atoms with Crippen LogP contribution in [0.3, 0.4) is 0 Å². The molecule has 16 heavy (non-hydrogen) atoms. The molecule has 0 aromatic carbocycles. The molecule has 1 aliphatic rings. The van der Waals surface area contributed by atoms with E-state index in [1.165, 1.54) is 5.69 Å². The normalized spacial score (nSPS) is 20.4. The maximum Gasteiger partial charge on any atom is 0.219 e. The van der Waals surface area contributed by atoms with Crippen molar-refractivity contribution in [1.29, 1.82) is 0 Å². The molecule has 1 atom stereocenters. The van der Waals surface area contributed by atoms with Gasteiger partial charge < -0.3 is 14.8 Å². The molecule has 0 bridgehead atoms. The van der Waals surface area contributed by atoms with Crippen LogP contribution >= 0.6 is 0 Å². The standard InChI is InChI=1S/C12H19N3O/c1-10(16)15-7-5-11(9-15)13-8-12-4-3-6-14(12)2/h3-4,6,11,13H,5,7-9H2,1-2H3. The average Bonchev–Trinajstić information content (AvgIpc) is 2.83. The van der Waals surface area contributed by atoms with Gasteiger partial charge in [0, 0.05) is 51.5 Å². The van der Waals surface area contributed by atoms with Crippen LogP contribution in [0, 0.1) is 0 Å². The maximum atomic E-state index is 11.2. The van der Waals surface area contributed by atoms with E-state index >= 15 is 0 Å². The number of hydrogen-bond acceptors (Lipinski definition) is 2. The van der Waals surface area contributed by atoms with Crippen LogP contribution < -0.4 is 5.32 Å². The first kappa shape index (κ1) is 11.2. The van der Waals surface area contributed by atoms with Gasteiger partial charge in [-0.3, -0.25) is 4.79 Å². The van der Waals surface area contributed by atoms with Gasteiger partial charge in [0.25, 0.3) is 0 Å². The van der Waals surface area contributed by atoms with Gasteiger partial charge in [-0.05, 0) is 18.6 Å². The topological polar surface area (TPSA) is 37.3 Å². The molecule has 1 unspecified atom stereocenters. The molecule has 4 nitrogen and oxygen atoms in total. The Morgan fingerprint density at radius 2 is 2.44 bits per heavy atom. The van der Waals surface area contributed by atoms with Gasteiger partial charge in [-0.2, -0.15) is 0 Å². The molecule has 1 aromatic heterocycles. The van der Waals surface area contributed by atoms with Crippen LogP contribution in [0.1, 0.15) is 19.0 Å². The van der Waals surface area contributed by atoms with Gasteiger partial charge >= 0.3 is 0 Å². The first-order chi connectivity index (χ1) is 7.66. The summed E-state index contributed by atoms with van der Waals surface area (Å²) in [5, 5.41) is 3.49. The smallest absolute Gasteiger partial charge is 0.219 e. The summed E-state index contributed by atoms with van der Waals surface area (Å²) in [4.78, 5) is 13.1. The molecule has 88 valence electrons. The van der Waals surface area contributed by atoms with Crippen LogP contribution in [0.15, 0.2) is 18.3 Å². The number of carbonyl (C=O) groups excluding carboxylic acids is 1. The van der Waals surface area contributed by atoms with E-state index in [9.17, 15) is 4.79 Å². The third kappa shape index (κ3) is 2.44. The van der Waals surface area contributed by atoms with Gasteiger partial charge in [0.2, 0.25) is 5.91 Å². The highest BCUT2D eigenvalue weighted by molar-refractivity contribution is 5.73. The average molecular weight is 221 g/mol. The number of carbonyl (C=O) groups is 1. The Labute approximate surface area is 96.2 Å². The van der Waals surface area contributed by atoms with E-state index in [0.717, 1.165) is 26.1 Å². The van der Waals surface area contributed by atoms with E-state index in [1.54, 1.807) is 6.92 Å². The number of aryl methyl sites for hydroxylation is 1. The third-order valence-electron chi connectivity index (χ3n) is 3.26. The van der Waals surface area contributed by atoms with E-state index in [0.29, 0.717) is 6.04 Å². The molecular formula is C12H19N3O. The molecule has 0 spiro atoms. The van der Waals surface area contributed by atoms with Crippen molar-refractivity contribution in [1.82, 2.24) is 14.8 Å². The maximum absolute atomic E-state index is 11.2. The largest absolute Gasteiger partial charge is 0.353 e. The highest BCUT2D eigenvalue weighted by Crippen LogP contribution is 2.10. The Bertz CT molecular complexity index is 372. The van der Waals surface area contributed by atoms with Crippen LogP contribution in [0.25, 0.3) is 0 Å². The second-order valence-electron chi connectivity index (χ2n) is 4.44. The van der Waals surface area contributed by atoms with E-state index in [-0.39, 0.29) is 5.91 Å². The van der Waals surface area contributed by atoms with Gasteiger partial charge in [0.05, 0.1) is 0 Å². The number of rotatable bonds is 3. The molecule has 1 amide bonds. The zero-order valence-corrected chi connectivity index (χ0v) is 9.94. The fourth-order valence-corrected chi connectivity index (χ4v) is 2.14. The third-order valence-corrected chi connectivity index (χ3v) is 3.26. The van der Waals surface area contributed by atoms with Crippen molar-refractivity contribution < 1.29 is 4.79 Å². The van der Waals surface area contributed by atoms with E-state index in [1.807, 2.05) is 24.2 Å². The molecule has 0 radical (unpaired) electrons. The highest BCUT2D eigenvalue weighted by Gasteiger charge is 2.23. The summed E-state index contributed by atoms with van der Waals surface area (Å²) in [6.07, 6.45) is 3.11. The molecule has 0 aliphatic carbocycles. The van der Waals surface area contributed by atoms with Crippen molar-refractivity contribution in [2.45, 2.75) is 25.9 Å². The van der Waals surface area contributed by atoms with Crippen molar-refractivity contribution in [2.24, 2.45) is 7.05 Å². The second kappa shape index (κ2) is 4.70. The fourth-order valence-electron chi connectivity index (χ4n) is 2.14. The van der Waals surface area contributed by atoms with Crippen molar-refractivity contribution >= 4 is 5.91 Å². The predicted octanol–water partition coefficient (Wildman–Crippen LogP) is 0.735. The van der Waals surface area contributed by atoms with Crippen LogP contribution in [0.2, 0.25) is 0 Å². The molecule has 1 N–H and O–H groups in total. The van der Waals surface area contributed by atoms with Crippen molar-refractivity contribution in [3.63, 3.8) is 0 Å². The summed E-state index contributed by atoms with van der Waals surface area (Å²) < 4.78 is 2.12. The number of hydrogen-bond donors (Lipinski definition) is 1. The molecule has 2 rings (SSSR count). The predicted molar refractivity (Wildman–Crippen MR) is 62.9 cm³/mol. The molecule has 1 aromatic rings. The highest BCUT2D eigenvalue weighted by atomic mass is 16.2. The Hall–Kier alpha value is -1.29. The van der Waals surface area contributed by atoms with Crippen LogP contribution in [0.5, 0.6) is 0 Å². The van der Waals surface area contributed by atoms with Gasteiger partial charge in [-0.15, -0.1) is 0 Å². The summed E-state index contributed by atoms with van der Waals surface area (Å²) in [7, 11) is 2.05. The summed E-state index contributed by atoms with van der Waals surface area (Å²) in [5.74, 6) is 0.183. The quantitative estimate of drug-likeness (QED) is 0.817. The Morgan fingerprint density at radius 3 is 3.00 bits per heavy atom. The van der Waals surface area contributed by atoms with Crippen molar-refractivity contribution in [3.05, 3.63) is 24.0 Å². The molecule has 4 heteroatoms. The molecule has 2 heterocycles. The molecule has 1 fully saturated rings. The first-order valence-electron chi connectivity index (χ1n) is 5.76. The minimum Gasteiger partial charge on any atom is -0.353 e. The lowest BCUT2D eigenvalue weighted by Gasteiger charge is -2.15. The van der Waals surface area contributed by atoms with Crippen molar-refractivity contribution in [2.75, 3.05) is 13.1 Å².